The number of benzene rings is 1. The smallest absolute Gasteiger partial charge is 0.317 e. The Morgan fingerprint density at radius 2 is 2.00 bits per heavy atom. The lowest BCUT2D eigenvalue weighted by molar-refractivity contribution is 0.191. The van der Waals surface area contributed by atoms with Crippen molar-refractivity contribution in [2.75, 3.05) is 38.5 Å². The van der Waals surface area contributed by atoms with Crippen molar-refractivity contribution < 1.29 is 9.18 Å². The molecule has 0 aliphatic carbocycles. The number of nitrogens with one attached hydrogen (secondary N) is 2. The minimum absolute atomic E-state index is 0.00112. The predicted octanol–water partition coefficient (Wildman–Crippen LogP) is 1.53. The zero-order chi connectivity index (χ0) is 13.5. The van der Waals surface area contributed by atoms with Gasteiger partial charge < -0.3 is 15.5 Å². The molecule has 0 bridgehead atoms. The molecule has 4 nitrogen and oxygen atoms in total. The topological polar surface area (TPSA) is 44.4 Å². The zero-order valence-corrected chi connectivity index (χ0v) is 11.5. The Bertz CT molecular complexity index is 407. The van der Waals surface area contributed by atoms with Crippen molar-refractivity contribution in [1.82, 2.24) is 15.5 Å². The third-order valence-electron chi connectivity index (χ3n) is 2.86. The van der Waals surface area contributed by atoms with Crippen molar-refractivity contribution in [3.63, 3.8) is 0 Å². The van der Waals surface area contributed by atoms with Crippen LogP contribution in [0.3, 0.4) is 0 Å². The summed E-state index contributed by atoms with van der Waals surface area (Å²) in [7, 11) is 0. The highest BCUT2D eigenvalue weighted by atomic mass is 32.2. The number of hydrogen-bond acceptors (Lipinski definition) is 3. The first-order valence-corrected chi connectivity index (χ1v) is 7.36. The second-order valence-electron chi connectivity index (χ2n) is 4.27. The van der Waals surface area contributed by atoms with Gasteiger partial charge in [0, 0.05) is 43.4 Å². The van der Waals surface area contributed by atoms with E-state index in [4.69, 9.17) is 0 Å². The summed E-state index contributed by atoms with van der Waals surface area (Å²) in [6.45, 7) is 3.86. The van der Waals surface area contributed by atoms with Crippen LogP contribution in [0.5, 0.6) is 0 Å². The highest BCUT2D eigenvalue weighted by Gasteiger charge is 2.14. The highest BCUT2D eigenvalue weighted by Crippen LogP contribution is 2.17. The number of carbonyl (C=O) groups is 1. The first-order valence-electron chi connectivity index (χ1n) is 6.37. The van der Waals surface area contributed by atoms with E-state index in [1.54, 1.807) is 23.9 Å². The van der Waals surface area contributed by atoms with E-state index in [9.17, 15) is 9.18 Å². The first-order chi connectivity index (χ1) is 9.25. The molecular weight excluding hydrogens is 265 g/mol. The van der Waals surface area contributed by atoms with Gasteiger partial charge in [-0.3, -0.25) is 0 Å². The maximum Gasteiger partial charge on any atom is 0.317 e. The minimum atomic E-state index is -0.226. The van der Waals surface area contributed by atoms with Gasteiger partial charge in [0.1, 0.15) is 5.82 Å². The number of halogens is 1. The van der Waals surface area contributed by atoms with E-state index in [1.165, 1.54) is 12.1 Å². The largest absolute Gasteiger partial charge is 0.337 e. The van der Waals surface area contributed by atoms with Crippen LogP contribution >= 0.6 is 11.8 Å². The van der Waals surface area contributed by atoms with E-state index in [-0.39, 0.29) is 11.8 Å². The van der Waals surface area contributed by atoms with Crippen LogP contribution in [-0.2, 0) is 0 Å². The SMILES string of the molecule is O=C(NCCSc1ccc(F)cc1)N1CCNCC1. The third-order valence-corrected chi connectivity index (χ3v) is 3.88. The van der Waals surface area contributed by atoms with Gasteiger partial charge in [-0.2, -0.15) is 0 Å². The molecule has 0 atom stereocenters. The second kappa shape index (κ2) is 7.35. The number of hydrogen-bond donors (Lipinski definition) is 2. The Morgan fingerprint density at radius 3 is 2.68 bits per heavy atom. The van der Waals surface area contributed by atoms with Crippen LogP contribution in [0.15, 0.2) is 29.2 Å². The van der Waals surface area contributed by atoms with E-state index in [0.717, 1.165) is 36.8 Å². The lowest BCUT2D eigenvalue weighted by Crippen LogP contribution is -2.50. The molecule has 2 N–H and O–H groups in total. The van der Waals surface area contributed by atoms with Crippen LogP contribution in [0.2, 0.25) is 0 Å². The quantitative estimate of drug-likeness (QED) is 0.651. The molecule has 1 saturated heterocycles. The Hall–Kier alpha value is -1.27. The summed E-state index contributed by atoms with van der Waals surface area (Å²) >= 11 is 1.61. The lowest BCUT2D eigenvalue weighted by Gasteiger charge is -2.27. The minimum Gasteiger partial charge on any atom is -0.337 e. The summed E-state index contributed by atoms with van der Waals surface area (Å²) in [5.41, 5.74) is 0. The molecule has 0 unspecified atom stereocenters. The Morgan fingerprint density at radius 1 is 1.32 bits per heavy atom. The molecule has 1 aromatic carbocycles. The number of rotatable bonds is 4. The normalized spacial score (nSPS) is 15.3. The number of urea groups is 1. The predicted molar refractivity (Wildman–Crippen MR) is 75.0 cm³/mol. The average molecular weight is 283 g/mol. The van der Waals surface area contributed by atoms with Gasteiger partial charge in [0.2, 0.25) is 0 Å². The molecule has 0 radical (unpaired) electrons. The average Bonchev–Trinajstić information content (AvgIpc) is 2.46. The van der Waals surface area contributed by atoms with Crippen LogP contribution in [0.1, 0.15) is 0 Å². The van der Waals surface area contributed by atoms with Crippen LogP contribution in [0.25, 0.3) is 0 Å². The molecule has 6 heteroatoms. The van der Waals surface area contributed by atoms with Gasteiger partial charge in [-0.15, -0.1) is 11.8 Å². The summed E-state index contributed by atoms with van der Waals surface area (Å²) < 4.78 is 12.7. The van der Waals surface area contributed by atoms with Crippen LogP contribution in [-0.4, -0.2) is 49.4 Å². The fraction of sp³-hybridized carbons (Fsp3) is 0.462. The Kier molecular flexibility index (Phi) is 5.47. The number of amides is 2. The monoisotopic (exact) mass is 283 g/mol. The zero-order valence-electron chi connectivity index (χ0n) is 10.7. The molecule has 2 rings (SSSR count). The first kappa shape index (κ1) is 14.1. The van der Waals surface area contributed by atoms with Gasteiger partial charge in [0.05, 0.1) is 0 Å². The summed E-state index contributed by atoms with van der Waals surface area (Å²) in [5, 5.41) is 6.10. The molecule has 1 aliphatic heterocycles. The Balaban J connectivity index is 1.63. The molecule has 0 spiro atoms. The molecular formula is C13H18FN3OS. The summed E-state index contributed by atoms with van der Waals surface area (Å²) in [5.74, 6) is 0.556. The molecule has 1 aromatic rings. The van der Waals surface area contributed by atoms with Crippen LogP contribution < -0.4 is 10.6 Å². The second-order valence-corrected chi connectivity index (χ2v) is 5.44. The van der Waals surface area contributed by atoms with Gasteiger partial charge in [-0.1, -0.05) is 0 Å². The van der Waals surface area contributed by atoms with Crippen LogP contribution in [0, 0.1) is 5.82 Å². The number of thioether (sulfide) groups is 1. The van der Waals surface area contributed by atoms with E-state index in [0.29, 0.717) is 6.54 Å². The van der Waals surface area contributed by atoms with Gasteiger partial charge in [0.25, 0.3) is 0 Å². The maximum atomic E-state index is 12.7. The van der Waals surface area contributed by atoms with Crippen LogP contribution in [0.4, 0.5) is 9.18 Å². The number of carbonyl (C=O) groups excluding carboxylic acids is 1. The standard InChI is InChI=1S/C13H18FN3OS/c14-11-1-3-12(4-2-11)19-10-7-16-13(18)17-8-5-15-6-9-17/h1-4,15H,5-10H2,(H,16,18). The van der Waals surface area contributed by atoms with Crippen molar-refractivity contribution in [3.05, 3.63) is 30.1 Å². The number of nitrogens with zero attached hydrogens (tertiary/aromatic N) is 1. The van der Waals surface area contributed by atoms with Crippen molar-refractivity contribution in [2.24, 2.45) is 0 Å². The fourth-order valence-corrected chi connectivity index (χ4v) is 2.61. The van der Waals surface area contributed by atoms with Crippen molar-refractivity contribution in [1.29, 1.82) is 0 Å². The number of piperazine rings is 1. The Labute approximate surface area is 116 Å². The lowest BCUT2D eigenvalue weighted by atomic mass is 10.4. The van der Waals surface area contributed by atoms with Gasteiger partial charge in [-0.05, 0) is 24.3 Å². The summed E-state index contributed by atoms with van der Waals surface area (Å²) in [6, 6.07) is 6.39. The van der Waals surface area contributed by atoms with Crippen molar-refractivity contribution >= 4 is 17.8 Å². The molecule has 2 amide bonds. The van der Waals surface area contributed by atoms with E-state index < -0.39 is 0 Å². The molecule has 0 saturated carbocycles. The highest BCUT2D eigenvalue weighted by molar-refractivity contribution is 7.99. The maximum absolute atomic E-state index is 12.7. The van der Waals surface area contributed by atoms with E-state index in [2.05, 4.69) is 10.6 Å². The molecule has 19 heavy (non-hydrogen) atoms. The van der Waals surface area contributed by atoms with E-state index >= 15 is 0 Å². The molecule has 1 aliphatic rings. The summed E-state index contributed by atoms with van der Waals surface area (Å²) in [4.78, 5) is 14.6. The molecule has 104 valence electrons. The van der Waals surface area contributed by atoms with Gasteiger partial charge >= 0.3 is 6.03 Å². The van der Waals surface area contributed by atoms with E-state index in [1.807, 2.05) is 4.90 Å². The fourth-order valence-electron chi connectivity index (χ4n) is 1.84. The van der Waals surface area contributed by atoms with Crippen molar-refractivity contribution in [3.8, 4) is 0 Å². The third kappa shape index (κ3) is 4.72. The molecule has 0 aromatic heterocycles. The van der Waals surface area contributed by atoms with Gasteiger partial charge in [-0.25, -0.2) is 9.18 Å². The molecule has 1 heterocycles. The van der Waals surface area contributed by atoms with Crippen molar-refractivity contribution in [2.45, 2.75) is 4.90 Å². The molecule has 1 fully saturated rings. The summed E-state index contributed by atoms with van der Waals surface area (Å²) in [6.07, 6.45) is 0. The van der Waals surface area contributed by atoms with Gasteiger partial charge in [0.15, 0.2) is 0 Å².